The molecule has 2 N–H and O–H groups in total. The molecule has 2 aliphatic rings. The molecule has 0 spiro atoms. The number of anilines is 2. The van der Waals surface area contributed by atoms with E-state index in [0.717, 1.165) is 36.6 Å². The minimum Gasteiger partial charge on any atom is -0.496 e. The van der Waals surface area contributed by atoms with E-state index in [1.54, 1.807) is 7.11 Å². The Balaban J connectivity index is 1.66. The molecule has 1 saturated heterocycles. The Morgan fingerprint density at radius 1 is 1.22 bits per heavy atom. The van der Waals surface area contributed by atoms with Gasteiger partial charge in [-0.05, 0) is 31.7 Å². The van der Waals surface area contributed by atoms with Gasteiger partial charge >= 0.3 is 0 Å². The fourth-order valence-corrected chi connectivity index (χ4v) is 3.52. The number of nitrogen functional groups attached to an aromatic ring is 1. The first kappa shape index (κ1) is 14.3. The number of rotatable bonds is 4. The van der Waals surface area contributed by atoms with E-state index in [1.165, 1.54) is 18.4 Å². The average molecular weight is 310 g/mol. The highest BCUT2D eigenvalue weighted by molar-refractivity contribution is 5.51. The summed E-state index contributed by atoms with van der Waals surface area (Å²) in [5, 5.41) is 0. The average Bonchev–Trinajstić information content (AvgIpc) is 3.30. The highest BCUT2D eigenvalue weighted by Gasteiger charge is 2.31. The van der Waals surface area contributed by atoms with Crippen molar-refractivity contribution in [2.45, 2.75) is 37.6 Å². The van der Waals surface area contributed by atoms with Crippen LogP contribution in [0.5, 0.6) is 5.75 Å². The molecule has 4 rings (SSSR count). The van der Waals surface area contributed by atoms with Crippen molar-refractivity contribution in [3.05, 3.63) is 41.7 Å². The molecule has 5 heteroatoms. The lowest BCUT2D eigenvalue weighted by Crippen LogP contribution is -2.24. The van der Waals surface area contributed by atoms with E-state index >= 15 is 0 Å². The van der Waals surface area contributed by atoms with Crippen molar-refractivity contribution in [1.82, 2.24) is 9.97 Å². The van der Waals surface area contributed by atoms with Gasteiger partial charge in [-0.3, -0.25) is 4.98 Å². The standard InChI is InChI=1S/C18H22N4O/c1-23-15-7-3-2-5-13(15)14-6-4-10-22(14)16-11-20-17(12-8-9-12)18(19)21-16/h2-3,5,7,11-12,14H,4,6,8-10H2,1H3,(H2,19,21). The minimum atomic E-state index is 0.270. The summed E-state index contributed by atoms with van der Waals surface area (Å²) in [6.07, 6.45) is 6.48. The third-order valence-electron chi connectivity index (χ3n) is 4.83. The fourth-order valence-electron chi connectivity index (χ4n) is 3.52. The van der Waals surface area contributed by atoms with Crippen molar-refractivity contribution in [3.63, 3.8) is 0 Å². The molecular formula is C18H22N4O. The Hall–Kier alpha value is -2.30. The summed E-state index contributed by atoms with van der Waals surface area (Å²) >= 11 is 0. The number of nitrogens with two attached hydrogens (primary N) is 1. The van der Waals surface area contributed by atoms with E-state index in [9.17, 15) is 0 Å². The second-order valence-corrected chi connectivity index (χ2v) is 6.37. The number of hydrogen-bond donors (Lipinski definition) is 1. The second-order valence-electron chi connectivity index (χ2n) is 6.37. The number of hydrogen-bond acceptors (Lipinski definition) is 5. The van der Waals surface area contributed by atoms with E-state index in [2.05, 4.69) is 27.0 Å². The molecule has 1 aliphatic heterocycles. The molecule has 1 unspecified atom stereocenters. The summed E-state index contributed by atoms with van der Waals surface area (Å²) in [5.41, 5.74) is 8.33. The molecule has 1 atom stereocenters. The summed E-state index contributed by atoms with van der Waals surface area (Å²) in [5.74, 6) is 2.93. The number of benzene rings is 1. The van der Waals surface area contributed by atoms with Gasteiger partial charge in [-0.15, -0.1) is 0 Å². The molecule has 23 heavy (non-hydrogen) atoms. The molecule has 0 bridgehead atoms. The topological polar surface area (TPSA) is 64.3 Å². The lowest BCUT2D eigenvalue weighted by atomic mass is 10.0. The Labute approximate surface area is 136 Å². The predicted molar refractivity (Wildman–Crippen MR) is 90.7 cm³/mol. The van der Waals surface area contributed by atoms with Gasteiger partial charge in [0.25, 0.3) is 0 Å². The van der Waals surface area contributed by atoms with Crippen LogP contribution in [0.15, 0.2) is 30.5 Å². The van der Waals surface area contributed by atoms with Crippen molar-refractivity contribution >= 4 is 11.6 Å². The van der Waals surface area contributed by atoms with Crippen LogP contribution in [0.25, 0.3) is 0 Å². The van der Waals surface area contributed by atoms with Crippen molar-refractivity contribution < 1.29 is 4.74 Å². The van der Waals surface area contributed by atoms with Crippen LogP contribution in [0.3, 0.4) is 0 Å². The van der Waals surface area contributed by atoms with Crippen molar-refractivity contribution in [1.29, 1.82) is 0 Å². The minimum absolute atomic E-state index is 0.270. The molecule has 1 saturated carbocycles. The fraction of sp³-hybridized carbons (Fsp3) is 0.444. The molecule has 2 fully saturated rings. The van der Waals surface area contributed by atoms with Gasteiger partial charge in [-0.2, -0.15) is 0 Å². The van der Waals surface area contributed by atoms with Gasteiger partial charge in [0.05, 0.1) is 25.0 Å². The van der Waals surface area contributed by atoms with Crippen molar-refractivity contribution in [2.24, 2.45) is 0 Å². The van der Waals surface area contributed by atoms with Gasteiger partial charge in [0.2, 0.25) is 0 Å². The lowest BCUT2D eigenvalue weighted by molar-refractivity contribution is 0.405. The van der Waals surface area contributed by atoms with Crippen molar-refractivity contribution in [3.8, 4) is 5.75 Å². The molecule has 120 valence electrons. The van der Waals surface area contributed by atoms with Crippen LogP contribution in [0.1, 0.15) is 48.9 Å². The second kappa shape index (κ2) is 5.72. The Bertz CT molecular complexity index is 714. The molecular weight excluding hydrogens is 288 g/mol. The van der Waals surface area contributed by atoms with Crippen LogP contribution in [-0.4, -0.2) is 23.6 Å². The quantitative estimate of drug-likeness (QED) is 0.939. The summed E-state index contributed by atoms with van der Waals surface area (Å²) in [6.45, 7) is 0.972. The first-order valence-electron chi connectivity index (χ1n) is 8.30. The maximum absolute atomic E-state index is 6.15. The molecule has 1 aromatic carbocycles. The highest BCUT2D eigenvalue weighted by atomic mass is 16.5. The van der Waals surface area contributed by atoms with Gasteiger partial charge < -0.3 is 15.4 Å². The Kier molecular flexibility index (Phi) is 3.56. The molecule has 2 aromatic rings. The number of para-hydroxylation sites is 1. The molecule has 0 radical (unpaired) electrons. The predicted octanol–water partition coefficient (Wildman–Crippen LogP) is 3.29. The summed E-state index contributed by atoms with van der Waals surface area (Å²) in [7, 11) is 1.72. The van der Waals surface area contributed by atoms with Crippen LogP contribution in [0.2, 0.25) is 0 Å². The van der Waals surface area contributed by atoms with Gasteiger partial charge in [0.1, 0.15) is 17.4 Å². The normalized spacial score (nSPS) is 20.7. The number of nitrogens with zero attached hydrogens (tertiary/aromatic N) is 3. The number of aromatic nitrogens is 2. The molecule has 2 heterocycles. The number of ether oxygens (including phenoxy) is 1. The summed E-state index contributed by atoms with van der Waals surface area (Å²) in [6, 6.07) is 8.49. The maximum atomic E-state index is 6.15. The van der Waals surface area contributed by atoms with Crippen LogP contribution in [0.4, 0.5) is 11.6 Å². The van der Waals surface area contributed by atoms with Crippen LogP contribution >= 0.6 is 0 Å². The van der Waals surface area contributed by atoms with E-state index in [0.29, 0.717) is 11.7 Å². The van der Waals surface area contributed by atoms with Crippen molar-refractivity contribution in [2.75, 3.05) is 24.3 Å². The largest absolute Gasteiger partial charge is 0.496 e. The SMILES string of the molecule is COc1ccccc1C1CCCN1c1cnc(C2CC2)c(N)n1. The molecule has 1 aromatic heterocycles. The first-order valence-corrected chi connectivity index (χ1v) is 8.30. The van der Waals surface area contributed by atoms with Gasteiger partial charge in [0, 0.05) is 18.0 Å². The summed E-state index contributed by atoms with van der Waals surface area (Å²) < 4.78 is 5.54. The van der Waals surface area contributed by atoms with Gasteiger partial charge in [-0.1, -0.05) is 18.2 Å². The van der Waals surface area contributed by atoms with E-state index in [4.69, 9.17) is 10.5 Å². The zero-order valence-electron chi connectivity index (χ0n) is 13.4. The van der Waals surface area contributed by atoms with Crippen LogP contribution in [0, 0.1) is 0 Å². The van der Waals surface area contributed by atoms with Gasteiger partial charge in [-0.25, -0.2) is 4.98 Å². The van der Waals surface area contributed by atoms with E-state index in [-0.39, 0.29) is 6.04 Å². The zero-order chi connectivity index (χ0) is 15.8. The van der Waals surface area contributed by atoms with E-state index in [1.807, 2.05) is 18.3 Å². The number of methoxy groups -OCH3 is 1. The lowest BCUT2D eigenvalue weighted by Gasteiger charge is -2.27. The van der Waals surface area contributed by atoms with Gasteiger partial charge in [0.15, 0.2) is 0 Å². The highest BCUT2D eigenvalue weighted by Crippen LogP contribution is 2.43. The van der Waals surface area contributed by atoms with E-state index < -0.39 is 0 Å². The first-order chi connectivity index (χ1) is 11.3. The molecule has 0 amide bonds. The monoisotopic (exact) mass is 310 g/mol. The maximum Gasteiger partial charge on any atom is 0.150 e. The smallest absolute Gasteiger partial charge is 0.150 e. The van der Waals surface area contributed by atoms with Crippen LogP contribution < -0.4 is 15.4 Å². The summed E-state index contributed by atoms with van der Waals surface area (Å²) in [4.78, 5) is 11.5. The Morgan fingerprint density at radius 2 is 2.04 bits per heavy atom. The molecule has 1 aliphatic carbocycles. The third kappa shape index (κ3) is 2.60. The zero-order valence-corrected chi connectivity index (χ0v) is 13.4. The third-order valence-corrected chi connectivity index (χ3v) is 4.83. The van der Waals surface area contributed by atoms with Crippen LogP contribution in [-0.2, 0) is 0 Å². The Morgan fingerprint density at radius 3 is 2.78 bits per heavy atom. The molecule has 5 nitrogen and oxygen atoms in total.